The molecular formula is C15H21N3O2. The minimum Gasteiger partial charge on any atom is -0.399 e. The maximum absolute atomic E-state index is 12.2. The lowest BCUT2D eigenvalue weighted by atomic mass is 10.1. The Morgan fingerprint density at radius 3 is 2.85 bits per heavy atom. The first kappa shape index (κ1) is 14.4. The van der Waals surface area contributed by atoms with Gasteiger partial charge in [-0.25, -0.2) is 0 Å². The van der Waals surface area contributed by atoms with E-state index in [1.54, 1.807) is 23.1 Å². The van der Waals surface area contributed by atoms with Crippen LogP contribution in [0.15, 0.2) is 18.2 Å². The Balaban J connectivity index is 1.95. The van der Waals surface area contributed by atoms with Gasteiger partial charge >= 0.3 is 0 Å². The van der Waals surface area contributed by atoms with Crippen LogP contribution in [0.2, 0.25) is 0 Å². The third-order valence-electron chi connectivity index (χ3n) is 3.54. The highest BCUT2D eigenvalue weighted by Gasteiger charge is 2.22. The van der Waals surface area contributed by atoms with Gasteiger partial charge in [-0.05, 0) is 44.0 Å². The number of nitrogens with two attached hydrogens (primary N) is 1. The zero-order valence-corrected chi connectivity index (χ0v) is 12.0. The van der Waals surface area contributed by atoms with Crippen molar-refractivity contribution < 1.29 is 9.59 Å². The van der Waals surface area contributed by atoms with Gasteiger partial charge in [-0.15, -0.1) is 0 Å². The number of hydrogen-bond donors (Lipinski definition) is 2. The number of amides is 2. The first-order valence-electron chi connectivity index (χ1n) is 6.92. The highest BCUT2D eigenvalue weighted by atomic mass is 16.2. The molecule has 0 saturated carbocycles. The topological polar surface area (TPSA) is 75.4 Å². The van der Waals surface area contributed by atoms with Gasteiger partial charge in [0.25, 0.3) is 5.91 Å². The second-order valence-corrected chi connectivity index (χ2v) is 5.39. The molecule has 0 bridgehead atoms. The van der Waals surface area contributed by atoms with Crippen molar-refractivity contribution in [2.45, 2.75) is 32.7 Å². The van der Waals surface area contributed by atoms with Gasteiger partial charge < -0.3 is 16.0 Å². The minimum absolute atomic E-state index is 0.0681. The number of hydrogen-bond acceptors (Lipinski definition) is 3. The Labute approximate surface area is 119 Å². The van der Waals surface area contributed by atoms with E-state index in [1.807, 2.05) is 13.8 Å². The highest BCUT2D eigenvalue weighted by Crippen LogP contribution is 2.13. The summed E-state index contributed by atoms with van der Waals surface area (Å²) in [5, 5.41) is 2.93. The number of aryl methyl sites for hydroxylation is 1. The number of anilines is 1. The fourth-order valence-corrected chi connectivity index (χ4v) is 2.52. The maximum Gasteiger partial charge on any atom is 0.251 e. The van der Waals surface area contributed by atoms with Crippen LogP contribution in [0.3, 0.4) is 0 Å². The molecule has 1 saturated heterocycles. The van der Waals surface area contributed by atoms with Gasteiger partial charge in [-0.1, -0.05) is 0 Å². The molecule has 1 atom stereocenters. The molecule has 0 aliphatic carbocycles. The van der Waals surface area contributed by atoms with E-state index in [2.05, 4.69) is 5.32 Å². The molecule has 0 spiro atoms. The Kier molecular flexibility index (Phi) is 4.27. The summed E-state index contributed by atoms with van der Waals surface area (Å²) >= 11 is 0. The largest absolute Gasteiger partial charge is 0.399 e. The highest BCUT2D eigenvalue weighted by molar-refractivity contribution is 5.96. The van der Waals surface area contributed by atoms with Crippen molar-refractivity contribution in [1.82, 2.24) is 10.2 Å². The number of carbonyl (C=O) groups is 2. The molecule has 5 nitrogen and oxygen atoms in total. The van der Waals surface area contributed by atoms with Crippen LogP contribution in [-0.4, -0.2) is 35.8 Å². The summed E-state index contributed by atoms with van der Waals surface area (Å²) in [7, 11) is 0. The van der Waals surface area contributed by atoms with Crippen molar-refractivity contribution in [3.8, 4) is 0 Å². The summed E-state index contributed by atoms with van der Waals surface area (Å²) in [4.78, 5) is 25.5. The van der Waals surface area contributed by atoms with Gasteiger partial charge in [-0.3, -0.25) is 9.59 Å². The van der Waals surface area contributed by atoms with Crippen LogP contribution in [0, 0.1) is 6.92 Å². The predicted octanol–water partition coefficient (Wildman–Crippen LogP) is 1.32. The molecule has 1 aliphatic rings. The van der Waals surface area contributed by atoms with Gasteiger partial charge in [0.1, 0.15) is 0 Å². The third kappa shape index (κ3) is 3.29. The Bertz CT molecular complexity index is 528. The quantitative estimate of drug-likeness (QED) is 0.814. The van der Waals surface area contributed by atoms with E-state index < -0.39 is 0 Å². The Morgan fingerprint density at radius 2 is 2.25 bits per heavy atom. The van der Waals surface area contributed by atoms with Crippen LogP contribution in [-0.2, 0) is 4.79 Å². The summed E-state index contributed by atoms with van der Waals surface area (Å²) < 4.78 is 0. The summed E-state index contributed by atoms with van der Waals surface area (Å²) in [5.74, 6) is 0.0522. The zero-order valence-electron chi connectivity index (χ0n) is 12.0. The molecule has 20 heavy (non-hydrogen) atoms. The summed E-state index contributed by atoms with van der Waals surface area (Å²) in [5.41, 5.74) is 7.80. The van der Waals surface area contributed by atoms with E-state index in [-0.39, 0.29) is 17.9 Å². The molecule has 1 unspecified atom stereocenters. The standard InChI is InChI=1S/C15H21N3O2/c1-10-8-12(16)5-6-13(10)15(20)17-11(2)9-18-7-3-4-14(18)19/h5-6,8,11H,3-4,7,9,16H2,1-2H3,(H,17,20). The molecule has 5 heteroatoms. The Morgan fingerprint density at radius 1 is 1.50 bits per heavy atom. The molecule has 2 amide bonds. The third-order valence-corrected chi connectivity index (χ3v) is 3.54. The lowest BCUT2D eigenvalue weighted by Gasteiger charge is -2.22. The number of benzene rings is 1. The number of nitrogens with zero attached hydrogens (tertiary/aromatic N) is 1. The molecule has 1 aliphatic heterocycles. The van der Waals surface area contributed by atoms with E-state index >= 15 is 0 Å². The van der Waals surface area contributed by atoms with Crippen molar-refractivity contribution in [3.05, 3.63) is 29.3 Å². The van der Waals surface area contributed by atoms with E-state index in [4.69, 9.17) is 5.73 Å². The molecule has 108 valence electrons. The molecule has 1 fully saturated rings. The van der Waals surface area contributed by atoms with Gasteiger partial charge in [0.2, 0.25) is 5.91 Å². The van der Waals surface area contributed by atoms with Gasteiger partial charge in [0.15, 0.2) is 0 Å². The first-order chi connectivity index (χ1) is 9.47. The van der Waals surface area contributed by atoms with Crippen LogP contribution in [0.25, 0.3) is 0 Å². The molecular weight excluding hydrogens is 254 g/mol. The van der Waals surface area contributed by atoms with Crippen LogP contribution in [0.4, 0.5) is 5.69 Å². The fourth-order valence-electron chi connectivity index (χ4n) is 2.52. The van der Waals surface area contributed by atoms with E-state index in [0.717, 1.165) is 18.5 Å². The Hall–Kier alpha value is -2.04. The number of nitrogen functional groups attached to an aromatic ring is 1. The van der Waals surface area contributed by atoms with Crippen LogP contribution < -0.4 is 11.1 Å². The van der Waals surface area contributed by atoms with Crippen LogP contribution in [0.5, 0.6) is 0 Å². The molecule has 0 aromatic heterocycles. The van der Waals surface area contributed by atoms with E-state index in [1.165, 1.54) is 0 Å². The number of nitrogens with one attached hydrogen (secondary N) is 1. The summed E-state index contributed by atoms with van der Waals surface area (Å²) in [6, 6.07) is 5.16. The van der Waals surface area contributed by atoms with E-state index in [9.17, 15) is 9.59 Å². The molecule has 0 radical (unpaired) electrons. The average Bonchev–Trinajstić information content (AvgIpc) is 2.74. The fraction of sp³-hybridized carbons (Fsp3) is 0.467. The van der Waals surface area contributed by atoms with Crippen molar-refractivity contribution >= 4 is 17.5 Å². The second-order valence-electron chi connectivity index (χ2n) is 5.39. The average molecular weight is 275 g/mol. The van der Waals surface area contributed by atoms with Crippen molar-refractivity contribution in [3.63, 3.8) is 0 Å². The van der Waals surface area contributed by atoms with Crippen molar-refractivity contribution in [2.75, 3.05) is 18.8 Å². The summed E-state index contributed by atoms with van der Waals surface area (Å²) in [6.07, 6.45) is 1.54. The molecule has 1 aromatic carbocycles. The maximum atomic E-state index is 12.2. The number of rotatable bonds is 4. The van der Waals surface area contributed by atoms with Gasteiger partial charge in [0.05, 0.1) is 0 Å². The smallest absolute Gasteiger partial charge is 0.251 e. The minimum atomic E-state index is -0.123. The molecule has 1 heterocycles. The zero-order chi connectivity index (χ0) is 14.7. The molecule has 3 N–H and O–H groups in total. The van der Waals surface area contributed by atoms with Gasteiger partial charge in [0, 0.05) is 36.8 Å². The summed E-state index contributed by atoms with van der Waals surface area (Å²) in [6.45, 7) is 5.13. The number of likely N-dealkylation sites (tertiary alicyclic amines) is 1. The predicted molar refractivity (Wildman–Crippen MR) is 78.3 cm³/mol. The lowest BCUT2D eigenvalue weighted by Crippen LogP contribution is -2.42. The molecule has 1 aromatic rings. The number of carbonyl (C=O) groups excluding carboxylic acids is 2. The SMILES string of the molecule is Cc1cc(N)ccc1C(=O)NC(C)CN1CCCC1=O. The molecule has 2 rings (SSSR count). The lowest BCUT2D eigenvalue weighted by molar-refractivity contribution is -0.127. The van der Waals surface area contributed by atoms with E-state index in [0.29, 0.717) is 24.2 Å². The van der Waals surface area contributed by atoms with Crippen LogP contribution in [0.1, 0.15) is 35.7 Å². The van der Waals surface area contributed by atoms with Gasteiger partial charge in [-0.2, -0.15) is 0 Å². The van der Waals surface area contributed by atoms with Crippen LogP contribution >= 0.6 is 0 Å². The normalized spacial score (nSPS) is 16.3. The monoisotopic (exact) mass is 275 g/mol. The second kappa shape index (κ2) is 5.94. The van der Waals surface area contributed by atoms with Crippen molar-refractivity contribution in [1.29, 1.82) is 0 Å². The van der Waals surface area contributed by atoms with Crippen molar-refractivity contribution in [2.24, 2.45) is 0 Å². The first-order valence-corrected chi connectivity index (χ1v) is 6.92.